The third-order valence-electron chi connectivity index (χ3n) is 3.23. The number of morpholine rings is 1. The molecule has 0 spiro atoms. The molecule has 0 aliphatic carbocycles. The first kappa shape index (κ1) is 13.1. The Morgan fingerprint density at radius 2 is 2.50 bits per heavy atom. The summed E-state index contributed by atoms with van der Waals surface area (Å²) in [5, 5.41) is 11.4. The van der Waals surface area contributed by atoms with Crippen molar-refractivity contribution >= 4 is 17.5 Å². The summed E-state index contributed by atoms with van der Waals surface area (Å²) >= 11 is 5.80. The number of halogens is 1. The maximum Gasteiger partial charge on any atom is 0.245 e. The fourth-order valence-corrected chi connectivity index (χ4v) is 2.42. The SMILES string of the molecule is O=C(Cn1cc(Cl)cn1)N1CCOC[C@@H]1c1ccn[nH]1. The van der Waals surface area contributed by atoms with Gasteiger partial charge < -0.3 is 9.64 Å². The van der Waals surface area contributed by atoms with E-state index in [1.165, 1.54) is 10.9 Å². The number of aromatic nitrogens is 4. The second-order valence-corrected chi connectivity index (χ2v) is 4.98. The fraction of sp³-hybridized carbons (Fsp3) is 0.417. The molecule has 1 aliphatic heterocycles. The van der Waals surface area contributed by atoms with Gasteiger partial charge in [0.1, 0.15) is 6.54 Å². The number of ether oxygens (including phenoxy) is 1. The fourth-order valence-electron chi connectivity index (χ4n) is 2.27. The molecule has 0 bridgehead atoms. The molecular formula is C12H14ClN5O2. The van der Waals surface area contributed by atoms with Crippen molar-refractivity contribution in [2.45, 2.75) is 12.6 Å². The number of hydrogen-bond acceptors (Lipinski definition) is 4. The Balaban J connectivity index is 1.74. The maximum atomic E-state index is 12.4. The average Bonchev–Trinajstić information content (AvgIpc) is 3.10. The Bertz CT molecular complexity index is 582. The van der Waals surface area contributed by atoms with Crippen molar-refractivity contribution in [3.63, 3.8) is 0 Å². The molecule has 20 heavy (non-hydrogen) atoms. The molecule has 1 amide bonds. The van der Waals surface area contributed by atoms with Crippen LogP contribution < -0.4 is 0 Å². The smallest absolute Gasteiger partial charge is 0.245 e. The summed E-state index contributed by atoms with van der Waals surface area (Å²) in [6.07, 6.45) is 4.81. The highest BCUT2D eigenvalue weighted by Crippen LogP contribution is 2.22. The highest BCUT2D eigenvalue weighted by molar-refractivity contribution is 6.30. The van der Waals surface area contributed by atoms with Gasteiger partial charge in [0.05, 0.1) is 36.2 Å². The maximum absolute atomic E-state index is 12.4. The van der Waals surface area contributed by atoms with E-state index in [9.17, 15) is 4.79 Å². The molecule has 106 valence electrons. The van der Waals surface area contributed by atoms with Gasteiger partial charge in [-0.05, 0) is 6.07 Å². The van der Waals surface area contributed by atoms with E-state index in [0.29, 0.717) is 24.8 Å². The molecule has 1 saturated heterocycles. The molecule has 8 heteroatoms. The van der Waals surface area contributed by atoms with Crippen molar-refractivity contribution in [3.8, 4) is 0 Å². The molecular weight excluding hydrogens is 282 g/mol. The van der Waals surface area contributed by atoms with E-state index >= 15 is 0 Å². The van der Waals surface area contributed by atoms with E-state index in [1.54, 1.807) is 17.3 Å². The van der Waals surface area contributed by atoms with Crippen molar-refractivity contribution in [1.82, 2.24) is 24.9 Å². The van der Waals surface area contributed by atoms with Crippen LogP contribution in [0.4, 0.5) is 0 Å². The molecule has 2 aromatic rings. The van der Waals surface area contributed by atoms with Crippen LogP contribution in [0.1, 0.15) is 11.7 Å². The van der Waals surface area contributed by atoms with Gasteiger partial charge in [-0.15, -0.1) is 0 Å². The van der Waals surface area contributed by atoms with Crippen LogP contribution in [0.15, 0.2) is 24.7 Å². The van der Waals surface area contributed by atoms with Crippen LogP contribution in [0.2, 0.25) is 5.02 Å². The molecule has 3 heterocycles. The number of nitrogens with one attached hydrogen (secondary N) is 1. The Morgan fingerprint density at radius 1 is 1.60 bits per heavy atom. The van der Waals surface area contributed by atoms with Crippen molar-refractivity contribution in [2.75, 3.05) is 19.8 Å². The number of nitrogens with zero attached hydrogens (tertiary/aromatic N) is 4. The summed E-state index contributed by atoms with van der Waals surface area (Å²) in [6.45, 7) is 1.72. The summed E-state index contributed by atoms with van der Waals surface area (Å²) in [6, 6.07) is 1.72. The lowest BCUT2D eigenvalue weighted by Gasteiger charge is -2.34. The molecule has 7 nitrogen and oxygen atoms in total. The van der Waals surface area contributed by atoms with E-state index in [1.807, 2.05) is 6.07 Å². The normalized spacial score (nSPS) is 19.2. The van der Waals surface area contributed by atoms with Crippen LogP contribution >= 0.6 is 11.6 Å². The first-order chi connectivity index (χ1) is 9.74. The van der Waals surface area contributed by atoms with Gasteiger partial charge in [-0.2, -0.15) is 10.2 Å². The first-order valence-electron chi connectivity index (χ1n) is 6.28. The molecule has 0 unspecified atom stereocenters. The van der Waals surface area contributed by atoms with Gasteiger partial charge in [0.15, 0.2) is 0 Å². The third-order valence-corrected chi connectivity index (χ3v) is 3.42. The van der Waals surface area contributed by atoms with Crippen molar-refractivity contribution in [2.24, 2.45) is 0 Å². The molecule has 1 N–H and O–H groups in total. The molecule has 2 aromatic heterocycles. The number of carbonyl (C=O) groups excluding carboxylic acids is 1. The van der Waals surface area contributed by atoms with Crippen LogP contribution in [-0.2, 0) is 16.1 Å². The zero-order chi connectivity index (χ0) is 13.9. The Hall–Kier alpha value is -1.86. The minimum absolute atomic E-state index is 0.0207. The molecule has 3 rings (SSSR count). The average molecular weight is 296 g/mol. The molecule has 0 saturated carbocycles. The highest BCUT2D eigenvalue weighted by Gasteiger charge is 2.29. The molecule has 1 atom stereocenters. The summed E-state index contributed by atoms with van der Waals surface area (Å²) in [5.74, 6) is -0.0207. The summed E-state index contributed by atoms with van der Waals surface area (Å²) in [4.78, 5) is 14.2. The zero-order valence-electron chi connectivity index (χ0n) is 10.7. The van der Waals surface area contributed by atoms with Crippen molar-refractivity contribution in [3.05, 3.63) is 35.4 Å². The van der Waals surface area contributed by atoms with E-state index in [2.05, 4.69) is 15.3 Å². The number of rotatable bonds is 3. The largest absolute Gasteiger partial charge is 0.377 e. The molecule has 1 fully saturated rings. The number of carbonyl (C=O) groups is 1. The van der Waals surface area contributed by atoms with Crippen LogP contribution in [-0.4, -0.2) is 50.5 Å². The Kier molecular flexibility index (Phi) is 3.70. The molecule has 0 radical (unpaired) electrons. The predicted molar refractivity (Wildman–Crippen MR) is 71.1 cm³/mol. The van der Waals surface area contributed by atoms with Crippen molar-refractivity contribution in [1.29, 1.82) is 0 Å². The molecule has 1 aliphatic rings. The summed E-state index contributed by atoms with van der Waals surface area (Å²) in [7, 11) is 0. The van der Waals surface area contributed by atoms with Gasteiger partial charge in [-0.3, -0.25) is 14.6 Å². The van der Waals surface area contributed by atoms with Gasteiger partial charge >= 0.3 is 0 Å². The lowest BCUT2D eigenvalue weighted by molar-refractivity contribution is -0.141. The van der Waals surface area contributed by atoms with E-state index in [-0.39, 0.29) is 18.5 Å². The first-order valence-corrected chi connectivity index (χ1v) is 6.66. The number of amides is 1. The third kappa shape index (κ3) is 2.68. The second kappa shape index (κ2) is 5.64. The molecule has 0 aromatic carbocycles. The monoisotopic (exact) mass is 295 g/mol. The quantitative estimate of drug-likeness (QED) is 0.911. The summed E-state index contributed by atoms with van der Waals surface area (Å²) in [5.41, 5.74) is 0.872. The lowest BCUT2D eigenvalue weighted by atomic mass is 10.1. The van der Waals surface area contributed by atoms with E-state index in [0.717, 1.165) is 5.69 Å². The zero-order valence-corrected chi connectivity index (χ0v) is 11.5. The van der Waals surface area contributed by atoms with Gasteiger partial charge in [0.25, 0.3) is 0 Å². The van der Waals surface area contributed by atoms with E-state index < -0.39 is 0 Å². The van der Waals surface area contributed by atoms with Gasteiger partial charge in [0, 0.05) is 18.9 Å². The lowest BCUT2D eigenvalue weighted by Crippen LogP contribution is -2.45. The number of H-pyrrole nitrogens is 1. The minimum Gasteiger partial charge on any atom is -0.377 e. The Morgan fingerprint density at radius 3 is 3.20 bits per heavy atom. The van der Waals surface area contributed by atoms with Crippen molar-refractivity contribution < 1.29 is 9.53 Å². The second-order valence-electron chi connectivity index (χ2n) is 4.55. The van der Waals surface area contributed by atoms with Crippen LogP contribution in [0.5, 0.6) is 0 Å². The number of aromatic amines is 1. The standard InChI is InChI=1S/C12H14ClN5O2/c13-9-5-15-17(6-9)7-12(19)18-3-4-20-8-11(18)10-1-2-14-16-10/h1-2,5-6,11H,3-4,7-8H2,(H,14,16)/t11-/m1/s1. The Labute approximate surface area is 120 Å². The van der Waals surface area contributed by atoms with Gasteiger partial charge in [-0.25, -0.2) is 0 Å². The van der Waals surface area contributed by atoms with Crippen LogP contribution in [0.3, 0.4) is 0 Å². The highest BCUT2D eigenvalue weighted by atomic mass is 35.5. The van der Waals surface area contributed by atoms with Gasteiger partial charge in [-0.1, -0.05) is 11.6 Å². The van der Waals surface area contributed by atoms with Crippen LogP contribution in [0, 0.1) is 0 Å². The number of hydrogen-bond donors (Lipinski definition) is 1. The van der Waals surface area contributed by atoms with E-state index in [4.69, 9.17) is 16.3 Å². The predicted octanol–water partition coefficient (Wildman–Crippen LogP) is 0.860. The summed E-state index contributed by atoms with van der Waals surface area (Å²) < 4.78 is 6.99. The van der Waals surface area contributed by atoms with Gasteiger partial charge in [0.2, 0.25) is 5.91 Å². The van der Waals surface area contributed by atoms with Crippen LogP contribution in [0.25, 0.3) is 0 Å². The minimum atomic E-state index is -0.134. The topological polar surface area (TPSA) is 76.0 Å².